The number of benzene rings is 1. The van der Waals surface area contributed by atoms with Gasteiger partial charge in [0.25, 0.3) is 0 Å². The molecule has 0 aliphatic rings. The third-order valence-electron chi connectivity index (χ3n) is 2.13. The molecular weight excluding hydrogens is 426 g/mol. The number of nitrogens with one attached hydrogen (secondary N) is 2. The standard InChI is InChI=1S/C11H9Br2N5O2S/c1-5(19)15-10-17-18-11(21-10)16-14-4-6-2-7(12)3-8(13)9(6)20/h2-4,20H,1H3,(H,16,18)(H,15,17,19). The van der Waals surface area contributed by atoms with Crippen LogP contribution in [0, 0.1) is 0 Å². The van der Waals surface area contributed by atoms with Gasteiger partial charge >= 0.3 is 0 Å². The van der Waals surface area contributed by atoms with Crippen LogP contribution in [0.15, 0.2) is 26.2 Å². The van der Waals surface area contributed by atoms with Crippen molar-refractivity contribution in [1.82, 2.24) is 10.2 Å². The Morgan fingerprint density at radius 2 is 2.10 bits per heavy atom. The van der Waals surface area contributed by atoms with Crippen LogP contribution < -0.4 is 10.7 Å². The minimum absolute atomic E-state index is 0.0833. The molecule has 7 nitrogen and oxygen atoms in total. The lowest BCUT2D eigenvalue weighted by atomic mass is 10.2. The number of phenols is 1. The highest BCUT2D eigenvalue weighted by molar-refractivity contribution is 9.11. The van der Waals surface area contributed by atoms with Crippen molar-refractivity contribution < 1.29 is 9.90 Å². The Bertz CT molecular complexity index is 704. The molecule has 0 aliphatic heterocycles. The van der Waals surface area contributed by atoms with Gasteiger partial charge in [-0.1, -0.05) is 27.3 Å². The van der Waals surface area contributed by atoms with E-state index in [0.717, 1.165) is 15.8 Å². The van der Waals surface area contributed by atoms with Crippen LogP contribution in [0.5, 0.6) is 5.75 Å². The highest BCUT2D eigenvalue weighted by atomic mass is 79.9. The molecule has 0 fully saturated rings. The Labute approximate surface area is 140 Å². The maximum Gasteiger partial charge on any atom is 0.227 e. The van der Waals surface area contributed by atoms with E-state index >= 15 is 0 Å². The molecule has 110 valence electrons. The quantitative estimate of drug-likeness (QED) is 0.506. The van der Waals surface area contributed by atoms with E-state index in [1.54, 1.807) is 12.1 Å². The fraction of sp³-hybridized carbons (Fsp3) is 0.0909. The van der Waals surface area contributed by atoms with E-state index in [2.05, 4.69) is 57.9 Å². The van der Waals surface area contributed by atoms with Crippen LogP contribution >= 0.6 is 43.2 Å². The number of anilines is 2. The highest BCUT2D eigenvalue weighted by Gasteiger charge is 2.06. The number of halogens is 2. The Morgan fingerprint density at radius 3 is 2.81 bits per heavy atom. The first-order valence-corrected chi connectivity index (χ1v) is 7.94. The number of carbonyl (C=O) groups excluding carboxylic acids is 1. The molecule has 0 unspecified atom stereocenters. The van der Waals surface area contributed by atoms with Gasteiger partial charge in [0.15, 0.2) is 0 Å². The molecule has 3 N–H and O–H groups in total. The number of carbonyl (C=O) groups is 1. The van der Waals surface area contributed by atoms with Gasteiger partial charge < -0.3 is 10.4 Å². The second-order valence-corrected chi connectivity index (χ2v) is 6.54. The van der Waals surface area contributed by atoms with E-state index in [1.807, 2.05) is 0 Å². The van der Waals surface area contributed by atoms with Gasteiger partial charge in [0, 0.05) is 17.0 Å². The molecule has 1 amide bonds. The number of aromatic hydroxyl groups is 1. The van der Waals surface area contributed by atoms with E-state index in [9.17, 15) is 9.90 Å². The zero-order chi connectivity index (χ0) is 15.4. The third kappa shape index (κ3) is 4.48. The molecule has 0 atom stereocenters. The molecule has 0 spiro atoms. The van der Waals surface area contributed by atoms with Gasteiger partial charge in [0.2, 0.25) is 16.2 Å². The van der Waals surface area contributed by atoms with E-state index in [-0.39, 0.29) is 11.7 Å². The smallest absolute Gasteiger partial charge is 0.227 e. The van der Waals surface area contributed by atoms with E-state index in [0.29, 0.717) is 20.3 Å². The number of rotatable bonds is 4. The number of amides is 1. The number of phenolic OH excluding ortho intramolecular Hbond substituents is 1. The average molecular weight is 435 g/mol. The fourth-order valence-corrected chi connectivity index (χ4v) is 3.21. The molecule has 2 rings (SSSR count). The molecule has 1 aromatic carbocycles. The maximum absolute atomic E-state index is 10.9. The molecule has 2 aromatic rings. The van der Waals surface area contributed by atoms with Gasteiger partial charge in [-0.05, 0) is 28.1 Å². The summed E-state index contributed by atoms with van der Waals surface area (Å²) in [7, 11) is 0. The molecule has 21 heavy (non-hydrogen) atoms. The normalized spacial score (nSPS) is 10.8. The topological polar surface area (TPSA) is 99.5 Å². The number of hydrazone groups is 1. The molecule has 0 saturated carbocycles. The average Bonchev–Trinajstić information content (AvgIpc) is 2.81. The molecule has 0 saturated heterocycles. The Balaban J connectivity index is 2.06. The molecule has 1 heterocycles. The highest BCUT2D eigenvalue weighted by Crippen LogP contribution is 2.30. The second kappa shape index (κ2) is 6.96. The van der Waals surface area contributed by atoms with Gasteiger partial charge in [-0.2, -0.15) is 5.10 Å². The number of nitrogens with zero attached hydrogens (tertiary/aromatic N) is 3. The van der Waals surface area contributed by atoms with Crippen molar-refractivity contribution in [1.29, 1.82) is 0 Å². The SMILES string of the molecule is CC(=O)Nc1nnc(NN=Cc2cc(Br)cc(Br)c2O)s1. The Kier molecular flexibility index (Phi) is 5.26. The predicted molar refractivity (Wildman–Crippen MR) is 88.9 cm³/mol. The van der Waals surface area contributed by atoms with Crippen molar-refractivity contribution >= 4 is 65.6 Å². The van der Waals surface area contributed by atoms with Crippen LogP contribution in [0.1, 0.15) is 12.5 Å². The van der Waals surface area contributed by atoms with Crippen LogP contribution in [0.3, 0.4) is 0 Å². The lowest BCUT2D eigenvalue weighted by Crippen LogP contribution is -2.04. The van der Waals surface area contributed by atoms with Gasteiger partial charge in [-0.15, -0.1) is 10.2 Å². The Morgan fingerprint density at radius 1 is 1.38 bits per heavy atom. The van der Waals surface area contributed by atoms with Crippen molar-refractivity contribution in [2.75, 3.05) is 10.7 Å². The first-order chi connectivity index (χ1) is 9.95. The number of hydrogen-bond acceptors (Lipinski definition) is 7. The maximum atomic E-state index is 10.9. The van der Waals surface area contributed by atoms with Crippen LogP contribution in [0.4, 0.5) is 10.3 Å². The summed E-state index contributed by atoms with van der Waals surface area (Å²) in [5.41, 5.74) is 3.20. The molecule has 0 radical (unpaired) electrons. The van der Waals surface area contributed by atoms with Crippen molar-refractivity contribution in [2.24, 2.45) is 5.10 Å². The third-order valence-corrected chi connectivity index (χ3v) is 3.94. The van der Waals surface area contributed by atoms with Gasteiger partial charge in [0.1, 0.15) is 5.75 Å². The zero-order valence-electron chi connectivity index (χ0n) is 10.6. The van der Waals surface area contributed by atoms with E-state index in [1.165, 1.54) is 13.1 Å². The summed E-state index contributed by atoms with van der Waals surface area (Å²) in [5.74, 6) is -0.134. The minimum Gasteiger partial charge on any atom is -0.506 e. The molecule has 10 heteroatoms. The van der Waals surface area contributed by atoms with Gasteiger partial charge in [-0.25, -0.2) is 0 Å². The summed E-state index contributed by atoms with van der Waals surface area (Å²) >= 11 is 7.71. The van der Waals surface area contributed by atoms with Crippen LogP contribution in [-0.4, -0.2) is 27.4 Å². The molecular formula is C11H9Br2N5O2S. The van der Waals surface area contributed by atoms with Crippen molar-refractivity contribution in [2.45, 2.75) is 6.92 Å². The molecule has 0 aliphatic carbocycles. The first kappa shape index (κ1) is 15.9. The first-order valence-electron chi connectivity index (χ1n) is 5.54. The zero-order valence-corrected chi connectivity index (χ0v) is 14.6. The van der Waals surface area contributed by atoms with Crippen molar-refractivity contribution in [3.8, 4) is 5.75 Å². The van der Waals surface area contributed by atoms with Gasteiger partial charge in [0.05, 0.1) is 10.7 Å². The van der Waals surface area contributed by atoms with Gasteiger partial charge in [-0.3, -0.25) is 10.2 Å². The Hall–Kier alpha value is -1.52. The predicted octanol–water partition coefficient (Wildman–Crippen LogP) is 3.17. The summed E-state index contributed by atoms with van der Waals surface area (Å²) in [5, 5.41) is 24.7. The lowest BCUT2D eigenvalue weighted by molar-refractivity contribution is -0.114. The van der Waals surface area contributed by atoms with Crippen LogP contribution in [-0.2, 0) is 4.79 Å². The largest absolute Gasteiger partial charge is 0.506 e. The second-order valence-electron chi connectivity index (χ2n) is 3.79. The summed E-state index contributed by atoms with van der Waals surface area (Å²) < 4.78 is 1.36. The summed E-state index contributed by atoms with van der Waals surface area (Å²) in [6, 6.07) is 3.44. The fourth-order valence-electron chi connectivity index (χ4n) is 1.31. The number of aromatic nitrogens is 2. The van der Waals surface area contributed by atoms with Crippen molar-refractivity contribution in [3.05, 3.63) is 26.6 Å². The van der Waals surface area contributed by atoms with Crippen LogP contribution in [0.2, 0.25) is 0 Å². The van der Waals surface area contributed by atoms with E-state index < -0.39 is 0 Å². The van der Waals surface area contributed by atoms with Crippen LogP contribution in [0.25, 0.3) is 0 Å². The van der Waals surface area contributed by atoms with Crippen molar-refractivity contribution in [3.63, 3.8) is 0 Å². The molecule has 1 aromatic heterocycles. The molecule has 0 bridgehead atoms. The van der Waals surface area contributed by atoms with E-state index in [4.69, 9.17) is 0 Å². The lowest BCUT2D eigenvalue weighted by Gasteiger charge is -2.02. The summed E-state index contributed by atoms with van der Waals surface area (Å²) in [4.78, 5) is 10.9. The summed E-state index contributed by atoms with van der Waals surface area (Å²) in [6.45, 7) is 1.39. The summed E-state index contributed by atoms with van der Waals surface area (Å²) in [6.07, 6.45) is 1.45. The minimum atomic E-state index is -0.217. The number of hydrogen-bond donors (Lipinski definition) is 3. The monoisotopic (exact) mass is 433 g/mol.